The van der Waals surface area contributed by atoms with Gasteiger partial charge in [-0.15, -0.1) is 0 Å². The molecule has 0 radical (unpaired) electrons. The number of ether oxygens (including phenoxy) is 1. The van der Waals surface area contributed by atoms with Crippen LogP contribution in [0.5, 0.6) is 5.75 Å². The highest BCUT2D eigenvalue weighted by Crippen LogP contribution is 2.22. The van der Waals surface area contributed by atoms with Gasteiger partial charge in [-0.3, -0.25) is 9.59 Å². The van der Waals surface area contributed by atoms with Gasteiger partial charge in [-0.05, 0) is 54.4 Å². The summed E-state index contributed by atoms with van der Waals surface area (Å²) in [7, 11) is 0. The maximum atomic E-state index is 12.2. The van der Waals surface area contributed by atoms with Crippen molar-refractivity contribution >= 4 is 23.3 Å². The summed E-state index contributed by atoms with van der Waals surface area (Å²) in [5.41, 5.74) is 3.03. The maximum Gasteiger partial charge on any atom is 0.338 e. The molecule has 3 rings (SSSR count). The summed E-state index contributed by atoms with van der Waals surface area (Å²) in [6.45, 7) is 0.999. The van der Waals surface area contributed by atoms with Crippen LogP contribution in [0.25, 0.3) is 11.1 Å². The van der Waals surface area contributed by atoms with Gasteiger partial charge in [0.2, 0.25) is 0 Å². The van der Waals surface area contributed by atoms with E-state index in [-0.39, 0.29) is 11.5 Å². The molecule has 0 spiro atoms. The van der Waals surface area contributed by atoms with Gasteiger partial charge in [-0.2, -0.15) is 0 Å². The SMILES string of the molecule is CC(=O)c1cccc(NC(=O)COC(=O)c2ccc(-c3ccc(O)cc3)cc2)c1. The highest BCUT2D eigenvalue weighted by molar-refractivity contribution is 5.98. The van der Waals surface area contributed by atoms with Crippen molar-refractivity contribution in [1.29, 1.82) is 0 Å². The monoisotopic (exact) mass is 389 g/mol. The number of aromatic hydroxyl groups is 1. The third kappa shape index (κ3) is 5.29. The molecule has 1 amide bonds. The van der Waals surface area contributed by atoms with E-state index in [0.29, 0.717) is 16.8 Å². The third-order valence-corrected chi connectivity index (χ3v) is 4.21. The fourth-order valence-corrected chi connectivity index (χ4v) is 2.68. The van der Waals surface area contributed by atoms with Crippen LogP contribution >= 0.6 is 0 Å². The number of hydrogen-bond donors (Lipinski definition) is 2. The number of rotatable bonds is 6. The van der Waals surface area contributed by atoms with Crippen molar-refractivity contribution in [2.75, 3.05) is 11.9 Å². The van der Waals surface area contributed by atoms with Crippen LogP contribution in [-0.2, 0) is 9.53 Å². The number of anilines is 1. The first-order valence-electron chi connectivity index (χ1n) is 8.90. The Kier molecular flexibility index (Phi) is 6.04. The van der Waals surface area contributed by atoms with Gasteiger partial charge in [-0.1, -0.05) is 36.4 Å². The molecule has 0 heterocycles. The summed E-state index contributed by atoms with van der Waals surface area (Å²) in [5.74, 6) is -1.04. The third-order valence-electron chi connectivity index (χ3n) is 4.21. The number of phenols is 1. The highest BCUT2D eigenvalue weighted by Gasteiger charge is 2.11. The van der Waals surface area contributed by atoms with Gasteiger partial charge >= 0.3 is 5.97 Å². The number of amides is 1. The zero-order chi connectivity index (χ0) is 20.8. The Morgan fingerprint density at radius 3 is 2.10 bits per heavy atom. The predicted molar refractivity (Wildman–Crippen MR) is 109 cm³/mol. The van der Waals surface area contributed by atoms with Crippen molar-refractivity contribution < 1.29 is 24.2 Å². The quantitative estimate of drug-likeness (QED) is 0.490. The summed E-state index contributed by atoms with van der Waals surface area (Å²) in [6.07, 6.45) is 0. The van der Waals surface area contributed by atoms with E-state index in [0.717, 1.165) is 11.1 Å². The van der Waals surface area contributed by atoms with Gasteiger partial charge in [0.25, 0.3) is 5.91 Å². The predicted octanol–water partition coefficient (Wildman–Crippen LogP) is 4.06. The van der Waals surface area contributed by atoms with Gasteiger partial charge in [0, 0.05) is 11.3 Å². The van der Waals surface area contributed by atoms with Crippen molar-refractivity contribution in [3.05, 3.63) is 83.9 Å². The molecule has 6 nitrogen and oxygen atoms in total. The Morgan fingerprint density at radius 2 is 1.48 bits per heavy atom. The number of esters is 1. The first-order chi connectivity index (χ1) is 13.9. The van der Waals surface area contributed by atoms with E-state index in [1.54, 1.807) is 72.8 Å². The topological polar surface area (TPSA) is 92.7 Å². The highest BCUT2D eigenvalue weighted by atomic mass is 16.5. The molecule has 146 valence electrons. The molecular formula is C23H19NO5. The maximum absolute atomic E-state index is 12.2. The van der Waals surface area contributed by atoms with E-state index < -0.39 is 18.5 Å². The number of Topliss-reactive ketones (excluding diaryl/α,β-unsaturated/α-hetero) is 1. The van der Waals surface area contributed by atoms with E-state index in [9.17, 15) is 19.5 Å². The molecule has 0 atom stereocenters. The van der Waals surface area contributed by atoms with Crippen LogP contribution in [0.3, 0.4) is 0 Å². The van der Waals surface area contributed by atoms with Crippen LogP contribution in [0.15, 0.2) is 72.8 Å². The lowest BCUT2D eigenvalue weighted by Gasteiger charge is -2.08. The summed E-state index contributed by atoms with van der Waals surface area (Å²) in [5, 5.41) is 11.9. The van der Waals surface area contributed by atoms with E-state index in [4.69, 9.17) is 4.74 Å². The number of benzene rings is 3. The molecule has 0 aromatic heterocycles. The molecule has 0 saturated carbocycles. The fourth-order valence-electron chi connectivity index (χ4n) is 2.68. The largest absolute Gasteiger partial charge is 0.508 e. The van der Waals surface area contributed by atoms with E-state index >= 15 is 0 Å². The summed E-state index contributed by atoms with van der Waals surface area (Å²) >= 11 is 0. The lowest BCUT2D eigenvalue weighted by Crippen LogP contribution is -2.21. The van der Waals surface area contributed by atoms with Crippen molar-refractivity contribution in [1.82, 2.24) is 0 Å². The zero-order valence-corrected chi connectivity index (χ0v) is 15.7. The Hall–Kier alpha value is -3.93. The summed E-state index contributed by atoms with van der Waals surface area (Å²) in [6, 6.07) is 20.0. The van der Waals surface area contributed by atoms with Crippen LogP contribution < -0.4 is 5.32 Å². The molecule has 3 aromatic rings. The minimum absolute atomic E-state index is 0.108. The lowest BCUT2D eigenvalue weighted by molar-refractivity contribution is -0.119. The first-order valence-corrected chi connectivity index (χ1v) is 8.90. The Morgan fingerprint density at radius 1 is 0.862 bits per heavy atom. The van der Waals surface area contributed by atoms with Gasteiger partial charge in [0.05, 0.1) is 5.56 Å². The molecular weight excluding hydrogens is 370 g/mol. The molecule has 0 bridgehead atoms. The minimum Gasteiger partial charge on any atom is -0.508 e. The molecule has 0 unspecified atom stereocenters. The Labute approximate surface area is 167 Å². The number of nitrogens with one attached hydrogen (secondary N) is 1. The second-order valence-corrected chi connectivity index (χ2v) is 6.39. The van der Waals surface area contributed by atoms with Gasteiger partial charge in [0.15, 0.2) is 12.4 Å². The normalized spacial score (nSPS) is 10.2. The van der Waals surface area contributed by atoms with Gasteiger partial charge in [0.1, 0.15) is 5.75 Å². The van der Waals surface area contributed by atoms with Crippen molar-refractivity contribution in [3.63, 3.8) is 0 Å². The van der Waals surface area contributed by atoms with Gasteiger partial charge < -0.3 is 15.2 Å². The van der Waals surface area contributed by atoms with Crippen molar-refractivity contribution in [3.8, 4) is 16.9 Å². The van der Waals surface area contributed by atoms with Gasteiger partial charge in [-0.25, -0.2) is 4.79 Å². The molecule has 3 aromatic carbocycles. The molecule has 0 aliphatic heterocycles. The summed E-state index contributed by atoms with van der Waals surface area (Å²) in [4.78, 5) is 35.6. The number of carbonyl (C=O) groups excluding carboxylic acids is 3. The molecule has 0 aliphatic rings. The van der Waals surface area contributed by atoms with E-state index in [1.165, 1.54) is 6.92 Å². The van der Waals surface area contributed by atoms with Crippen molar-refractivity contribution in [2.24, 2.45) is 0 Å². The second-order valence-electron chi connectivity index (χ2n) is 6.39. The minimum atomic E-state index is -0.616. The lowest BCUT2D eigenvalue weighted by atomic mass is 10.0. The van der Waals surface area contributed by atoms with Crippen LogP contribution in [0.4, 0.5) is 5.69 Å². The average Bonchev–Trinajstić information content (AvgIpc) is 2.73. The fraction of sp³-hybridized carbons (Fsp3) is 0.0870. The average molecular weight is 389 g/mol. The van der Waals surface area contributed by atoms with Crippen LogP contribution in [0.1, 0.15) is 27.6 Å². The van der Waals surface area contributed by atoms with E-state index in [2.05, 4.69) is 5.32 Å². The number of carbonyl (C=O) groups is 3. The number of phenolic OH excluding ortho intramolecular Hbond substituents is 1. The Bertz CT molecular complexity index is 1040. The van der Waals surface area contributed by atoms with Crippen LogP contribution in [-0.4, -0.2) is 29.4 Å². The van der Waals surface area contributed by atoms with Crippen molar-refractivity contribution in [2.45, 2.75) is 6.92 Å². The van der Waals surface area contributed by atoms with E-state index in [1.807, 2.05) is 0 Å². The zero-order valence-electron chi connectivity index (χ0n) is 15.7. The molecule has 6 heteroatoms. The first kappa shape index (κ1) is 19.8. The molecule has 2 N–H and O–H groups in total. The molecule has 0 aliphatic carbocycles. The van der Waals surface area contributed by atoms with Crippen LogP contribution in [0.2, 0.25) is 0 Å². The summed E-state index contributed by atoms with van der Waals surface area (Å²) < 4.78 is 5.05. The molecule has 29 heavy (non-hydrogen) atoms. The molecule has 0 saturated heterocycles. The smallest absolute Gasteiger partial charge is 0.338 e. The second kappa shape index (κ2) is 8.84. The standard InChI is InChI=1S/C23H19NO5/c1-15(25)19-3-2-4-20(13-19)24-22(27)14-29-23(28)18-7-5-16(6-8-18)17-9-11-21(26)12-10-17/h2-13,26H,14H2,1H3,(H,24,27). The van der Waals surface area contributed by atoms with Crippen LogP contribution in [0, 0.1) is 0 Å². The number of hydrogen-bond acceptors (Lipinski definition) is 5. The molecule has 0 fully saturated rings. The number of ketones is 1. The Balaban J connectivity index is 1.56.